The van der Waals surface area contributed by atoms with Gasteiger partial charge in [-0.1, -0.05) is 59.6 Å². The summed E-state index contributed by atoms with van der Waals surface area (Å²) in [5.41, 5.74) is -1.08. The van der Waals surface area contributed by atoms with Crippen molar-refractivity contribution in [3.8, 4) is 0 Å². The van der Waals surface area contributed by atoms with Crippen LogP contribution in [0.2, 0.25) is 10.0 Å². The fourth-order valence-electron chi connectivity index (χ4n) is 3.24. The first-order valence-corrected chi connectivity index (χ1v) is 8.69. The van der Waals surface area contributed by atoms with Crippen LogP contribution in [0.25, 0.3) is 10.8 Å². The van der Waals surface area contributed by atoms with Crippen molar-refractivity contribution in [2.24, 2.45) is 0 Å². The van der Waals surface area contributed by atoms with Gasteiger partial charge in [0.25, 0.3) is 5.91 Å². The largest absolute Gasteiger partial charge is 0.375 e. The first kappa shape index (κ1) is 17.0. The van der Waals surface area contributed by atoms with Crippen molar-refractivity contribution >= 4 is 51.4 Å². The maximum Gasteiger partial charge on any atom is 0.261 e. The molecule has 1 amide bonds. The SMILES string of the molecule is O=C(C[C@@]1(O)C(=O)Nc2c(Cl)cc(Cl)cc21)c1ccc2ccccc2c1. The first-order valence-electron chi connectivity index (χ1n) is 7.94. The molecule has 6 heteroatoms. The highest BCUT2D eigenvalue weighted by Gasteiger charge is 2.47. The van der Waals surface area contributed by atoms with Crippen LogP contribution in [0.3, 0.4) is 0 Å². The van der Waals surface area contributed by atoms with Crippen molar-refractivity contribution in [2.75, 3.05) is 5.32 Å². The molecule has 4 rings (SSSR count). The Balaban J connectivity index is 1.72. The lowest BCUT2D eigenvalue weighted by Crippen LogP contribution is -2.36. The van der Waals surface area contributed by atoms with E-state index in [0.717, 1.165) is 10.8 Å². The van der Waals surface area contributed by atoms with E-state index in [1.165, 1.54) is 12.1 Å². The van der Waals surface area contributed by atoms with Gasteiger partial charge in [0.05, 0.1) is 17.1 Å². The summed E-state index contributed by atoms with van der Waals surface area (Å²) in [6.45, 7) is 0. The molecule has 0 bridgehead atoms. The monoisotopic (exact) mass is 385 g/mol. The number of rotatable bonds is 3. The number of aliphatic hydroxyl groups is 1. The average molecular weight is 386 g/mol. The maximum atomic E-state index is 12.8. The molecule has 1 aliphatic rings. The summed E-state index contributed by atoms with van der Waals surface area (Å²) < 4.78 is 0. The molecule has 1 atom stereocenters. The summed E-state index contributed by atoms with van der Waals surface area (Å²) in [5, 5.41) is 15.9. The normalized spacial score (nSPS) is 18.7. The number of hydrogen-bond acceptors (Lipinski definition) is 3. The van der Waals surface area contributed by atoms with E-state index in [9.17, 15) is 14.7 Å². The Hall–Kier alpha value is -2.40. The maximum absolute atomic E-state index is 12.8. The van der Waals surface area contributed by atoms with E-state index in [0.29, 0.717) is 5.56 Å². The highest BCUT2D eigenvalue weighted by atomic mass is 35.5. The van der Waals surface area contributed by atoms with Crippen LogP contribution < -0.4 is 5.32 Å². The summed E-state index contributed by atoms with van der Waals surface area (Å²) in [6.07, 6.45) is -0.402. The number of anilines is 1. The van der Waals surface area contributed by atoms with Crippen molar-refractivity contribution in [2.45, 2.75) is 12.0 Å². The third-order valence-corrected chi connectivity index (χ3v) is 5.12. The van der Waals surface area contributed by atoms with Crippen LogP contribution in [0.5, 0.6) is 0 Å². The fourth-order valence-corrected chi connectivity index (χ4v) is 3.78. The number of Topliss-reactive ketones (excluding diaryl/α,β-unsaturated/α-hetero) is 1. The Morgan fingerprint density at radius 2 is 1.77 bits per heavy atom. The minimum Gasteiger partial charge on any atom is -0.375 e. The molecule has 0 saturated heterocycles. The van der Waals surface area contributed by atoms with Crippen LogP contribution in [0.15, 0.2) is 54.6 Å². The van der Waals surface area contributed by atoms with Crippen molar-refractivity contribution in [1.82, 2.24) is 0 Å². The molecule has 3 aromatic carbocycles. The molecule has 4 nitrogen and oxygen atoms in total. The van der Waals surface area contributed by atoms with E-state index in [-0.39, 0.29) is 27.1 Å². The number of carbonyl (C=O) groups excluding carboxylic acids is 2. The lowest BCUT2D eigenvalue weighted by Gasteiger charge is -2.20. The topological polar surface area (TPSA) is 66.4 Å². The van der Waals surface area contributed by atoms with E-state index in [4.69, 9.17) is 23.2 Å². The molecule has 0 fully saturated rings. The van der Waals surface area contributed by atoms with Crippen molar-refractivity contribution in [3.05, 3.63) is 75.8 Å². The molecule has 2 N–H and O–H groups in total. The first-order chi connectivity index (χ1) is 12.4. The minimum absolute atomic E-state index is 0.217. The molecule has 1 aliphatic heterocycles. The van der Waals surface area contributed by atoms with E-state index < -0.39 is 17.9 Å². The number of nitrogens with one attached hydrogen (secondary N) is 1. The van der Waals surface area contributed by atoms with E-state index >= 15 is 0 Å². The summed E-state index contributed by atoms with van der Waals surface area (Å²) in [7, 11) is 0. The zero-order valence-corrected chi connectivity index (χ0v) is 14.9. The van der Waals surface area contributed by atoms with Gasteiger partial charge < -0.3 is 10.4 Å². The van der Waals surface area contributed by atoms with Crippen LogP contribution in [-0.4, -0.2) is 16.8 Å². The van der Waals surface area contributed by atoms with Gasteiger partial charge in [-0.3, -0.25) is 9.59 Å². The van der Waals surface area contributed by atoms with Crippen LogP contribution in [0, 0.1) is 0 Å². The molecule has 26 heavy (non-hydrogen) atoms. The second-order valence-corrected chi connectivity index (χ2v) is 7.13. The number of benzene rings is 3. The summed E-state index contributed by atoms with van der Waals surface area (Å²) >= 11 is 12.1. The summed E-state index contributed by atoms with van der Waals surface area (Å²) in [6, 6.07) is 15.8. The minimum atomic E-state index is -2.01. The van der Waals surface area contributed by atoms with Gasteiger partial charge in [-0.2, -0.15) is 0 Å². The molecule has 0 radical (unpaired) electrons. The quantitative estimate of drug-likeness (QED) is 0.649. The molecule has 0 unspecified atom stereocenters. The van der Waals surface area contributed by atoms with Gasteiger partial charge in [-0.05, 0) is 29.0 Å². The van der Waals surface area contributed by atoms with Crippen molar-refractivity contribution < 1.29 is 14.7 Å². The molecule has 0 saturated carbocycles. The Morgan fingerprint density at radius 1 is 1.04 bits per heavy atom. The van der Waals surface area contributed by atoms with Gasteiger partial charge in [0, 0.05) is 16.1 Å². The van der Waals surface area contributed by atoms with Crippen LogP contribution in [0.1, 0.15) is 22.3 Å². The molecule has 3 aromatic rings. The standard InChI is InChI=1S/C20H13Cl2NO3/c21-14-8-15-18(16(22)9-14)23-19(25)20(15,26)10-17(24)13-6-5-11-3-1-2-4-12(11)7-13/h1-9,26H,10H2,(H,23,25)/t20-/m0/s1. The van der Waals surface area contributed by atoms with Gasteiger partial charge in [0.2, 0.25) is 0 Å². The lowest BCUT2D eigenvalue weighted by molar-refractivity contribution is -0.133. The van der Waals surface area contributed by atoms with E-state index in [2.05, 4.69) is 5.32 Å². The Kier molecular flexibility index (Phi) is 3.99. The molecule has 0 aromatic heterocycles. The molecule has 130 valence electrons. The third kappa shape index (κ3) is 2.67. The van der Waals surface area contributed by atoms with Gasteiger partial charge in [0.15, 0.2) is 11.4 Å². The molecule has 0 spiro atoms. The highest BCUT2D eigenvalue weighted by molar-refractivity contribution is 6.37. The second kappa shape index (κ2) is 6.09. The van der Waals surface area contributed by atoms with Gasteiger partial charge in [-0.25, -0.2) is 0 Å². The van der Waals surface area contributed by atoms with Gasteiger partial charge in [-0.15, -0.1) is 0 Å². The molecular weight excluding hydrogens is 373 g/mol. The Bertz CT molecular complexity index is 1080. The zero-order valence-electron chi connectivity index (χ0n) is 13.4. The van der Waals surface area contributed by atoms with Crippen LogP contribution in [-0.2, 0) is 10.4 Å². The van der Waals surface area contributed by atoms with E-state index in [1.54, 1.807) is 12.1 Å². The van der Waals surface area contributed by atoms with Gasteiger partial charge >= 0.3 is 0 Å². The summed E-state index contributed by atoms with van der Waals surface area (Å²) in [5.74, 6) is -1.04. The Morgan fingerprint density at radius 3 is 2.54 bits per heavy atom. The number of halogens is 2. The number of fused-ring (bicyclic) bond motifs is 2. The zero-order chi connectivity index (χ0) is 18.5. The number of carbonyl (C=O) groups is 2. The predicted octanol–water partition coefficient (Wildman–Crippen LogP) is 4.56. The predicted molar refractivity (Wildman–Crippen MR) is 102 cm³/mol. The molecule has 0 aliphatic carbocycles. The molecular formula is C20H13Cl2NO3. The Labute approximate surface area is 159 Å². The van der Waals surface area contributed by atoms with E-state index in [1.807, 2.05) is 30.3 Å². The van der Waals surface area contributed by atoms with Crippen molar-refractivity contribution in [3.63, 3.8) is 0 Å². The average Bonchev–Trinajstić information content (AvgIpc) is 2.86. The van der Waals surface area contributed by atoms with Crippen LogP contribution >= 0.6 is 23.2 Å². The molecule has 1 heterocycles. The lowest BCUT2D eigenvalue weighted by atomic mass is 9.87. The van der Waals surface area contributed by atoms with Gasteiger partial charge in [0.1, 0.15) is 0 Å². The second-order valence-electron chi connectivity index (χ2n) is 6.29. The smallest absolute Gasteiger partial charge is 0.261 e. The number of ketones is 1. The van der Waals surface area contributed by atoms with Crippen molar-refractivity contribution in [1.29, 1.82) is 0 Å². The number of hydrogen-bond donors (Lipinski definition) is 2. The number of amides is 1. The fraction of sp³-hybridized carbons (Fsp3) is 0.100. The third-order valence-electron chi connectivity index (χ3n) is 4.60. The highest BCUT2D eigenvalue weighted by Crippen LogP contribution is 2.44. The van der Waals surface area contributed by atoms with Crippen LogP contribution in [0.4, 0.5) is 5.69 Å². The summed E-state index contributed by atoms with van der Waals surface area (Å²) in [4.78, 5) is 25.1.